The molecule has 0 fully saturated rings. The van der Waals surface area contributed by atoms with Gasteiger partial charge >= 0.3 is 0 Å². The minimum Gasteiger partial charge on any atom is -0.323 e. The molecule has 0 saturated heterocycles. The highest BCUT2D eigenvalue weighted by Gasteiger charge is 2.18. The van der Waals surface area contributed by atoms with Crippen LogP contribution in [0.15, 0.2) is 97.1 Å². The van der Waals surface area contributed by atoms with Crippen LogP contribution < -0.4 is 10.2 Å². The predicted octanol–water partition coefficient (Wildman–Crippen LogP) is 6.30. The van der Waals surface area contributed by atoms with Crippen LogP contribution in [-0.4, -0.2) is 18.4 Å². The third-order valence-electron chi connectivity index (χ3n) is 5.32. The van der Waals surface area contributed by atoms with Crippen LogP contribution in [0.25, 0.3) is 16.8 Å². The van der Waals surface area contributed by atoms with Crippen molar-refractivity contribution in [3.05, 3.63) is 114 Å². The van der Waals surface area contributed by atoms with Crippen molar-refractivity contribution >= 4 is 40.0 Å². The zero-order valence-electron chi connectivity index (χ0n) is 18.2. The number of halogens is 1. The van der Waals surface area contributed by atoms with Crippen LogP contribution in [0, 0.1) is 5.82 Å². The number of rotatable bonds is 6. The van der Waals surface area contributed by atoms with E-state index in [0.29, 0.717) is 17.8 Å². The lowest BCUT2D eigenvalue weighted by atomic mass is 10.1. The second-order valence-corrected chi connectivity index (χ2v) is 7.50. The lowest BCUT2D eigenvalue weighted by Crippen LogP contribution is -2.30. The van der Waals surface area contributed by atoms with Crippen molar-refractivity contribution in [2.24, 2.45) is 0 Å². The summed E-state index contributed by atoms with van der Waals surface area (Å²) in [7, 11) is 0. The summed E-state index contributed by atoms with van der Waals surface area (Å²) in [5.74, 6) is -0.749. The maximum Gasteiger partial charge on any atom is 0.258 e. The van der Waals surface area contributed by atoms with Crippen molar-refractivity contribution < 1.29 is 14.0 Å². The molecular weight excluding hydrogens is 415 g/mol. The van der Waals surface area contributed by atoms with Crippen LogP contribution >= 0.6 is 0 Å². The molecule has 4 rings (SSSR count). The van der Waals surface area contributed by atoms with E-state index < -0.39 is 0 Å². The van der Waals surface area contributed by atoms with Gasteiger partial charge in [0, 0.05) is 29.3 Å². The van der Waals surface area contributed by atoms with E-state index in [1.807, 2.05) is 49.4 Å². The molecule has 33 heavy (non-hydrogen) atoms. The molecule has 5 heteroatoms. The smallest absolute Gasteiger partial charge is 0.258 e. The summed E-state index contributed by atoms with van der Waals surface area (Å²) >= 11 is 0. The number of hydrogen-bond donors (Lipinski definition) is 1. The van der Waals surface area contributed by atoms with Gasteiger partial charge in [-0.05, 0) is 66.4 Å². The van der Waals surface area contributed by atoms with Gasteiger partial charge in [0.25, 0.3) is 5.91 Å². The fourth-order valence-electron chi connectivity index (χ4n) is 3.65. The summed E-state index contributed by atoms with van der Waals surface area (Å²) < 4.78 is 13.0. The van der Waals surface area contributed by atoms with Gasteiger partial charge in [-0.1, -0.05) is 48.5 Å². The molecular formula is C28H23FN2O2. The maximum absolute atomic E-state index is 13.2. The minimum atomic E-state index is -0.326. The third-order valence-corrected chi connectivity index (χ3v) is 5.32. The van der Waals surface area contributed by atoms with E-state index in [9.17, 15) is 14.0 Å². The van der Waals surface area contributed by atoms with Crippen LogP contribution in [0.5, 0.6) is 0 Å². The molecule has 0 aromatic heterocycles. The Morgan fingerprint density at radius 3 is 2.30 bits per heavy atom. The number of nitrogens with one attached hydrogen (secondary N) is 1. The van der Waals surface area contributed by atoms with Crippen LogP contribution in [0.3, 0.4) is 0 Å². The summed E-state index contributed by atoms with van der Waals surface area (Å²) in [5, 5.41) is 4.86. The summed E-state index contributed by atoms with van der Waals surface area (Å²) in [6.07, 6.45) is 2.99. The number of carbonyl (C=O) groups is 2. The number of anilines is 2. The summed E-state index contributed by atoms with van der Waals surface area (Å²) in [6, 6.07) is 26.6. The van der Waals surface area contributed by atoms with Crippen molar-refractivity contribution in [2.45, 2.75) is 6.92 Å². The van der Waals surface area contributed by atoms with E-state index in [1.165, 1.54) is 18.2 Å². The first kappa shape index (κ1) is 22.0. The SMILES string of the molecule is CCN(C(=O)c1ccc(NC(=O)C=Cc2ccc(F)cc2)cc1)c1cccc2ccccc12. The Hall–Kier alpha value is -4.25. The van der Waals surface area contributed by atoms with Gasteiger partial charge in [-0.3, -0.25) is 9.59 Å². The maximum atomic E-state index is 13.2. The Morgan fingerprint density at radius 2 is 1.58 bits per heavy atom. The predicted molar refractivity (Wildman–Crippen MR) is 132 cm³/mol. The molecule has 4 nitrogen and oxygen atoms in total. The molecule has 0 aliphatic carbocycles. The van der Waals surface area contributed by atoms with Gasteiger partial charge in [-0.25, -0.2) is 4.39 Å². The largest absolute Gasteiger partial charge is 0.323 e. The zero-order chi connectivity index (χ0) is 23.2. The Morgan fingerprint density at radius 1 is 0.879 bits per heavy atom. The molecule has 0 aliphatic heterocycles. The van der Waals surface area contributed by atoms with Gasteiger partial charge in [0.05, 0.1) is 5.69 Å². The van der Waals surface area contributed by atoms with E-state index in [1.54, 1.807) is 47.4 Å². The van der Waals surface area contributed by atoms with Crippen molar-refractivity contribution in [2.75, 3.05) is 16.8 Å². The molecule has 164 valence electrons. The van der Waals surface area contributed by atoms with Crippen molar-refractivity contribution in [3.63, 3.8) is 0 Å². The Balaban J connectivity index is 1.47. The second-order valence-electron chi connectivity index (χ2n) is 7.50. The van der Waals surface area contributed by atoms with Gasteiger partial charge in [-0.2, -0.15) is 0 Å². The first-order valence-electron chi connectivity index (χ1n) is 10.7. The van der Waals surface area contributed by atoms with Gasteiger partial charge in [0.15, 0.2) is 0 Å². The first-order chi connectivity index (χ1) is 16.0. The fraction of sp³-hybridized carbons (Fsp3) is 0.0714. The van der Waals surface area contributed by atoms with E-state index in [4.69, 9.17) is 0 Å². The Kier molecular flexibility index (Phi) is 6.60. The Bertz CT molecular complexity index is 1310. The molecule has 0 radical (unpaired) electrons. The first-order valence-corrected chi connectivity index (χ1v) is 10.7. The highest BCUT2D eigenvalue weighted by Crippen LogP contribution is 2.28. The van der Waals surface area contributed by atoms with E-state index in [-0.39, 0.29) is 17.6 Å². The average molecular weight is 439 g/mol. The number of hydrogen-bond acceptors (Lipinski definition) is 2. The van der Waals surface area contributed by atoms with E-state index in [2.05, 4.69) is 5.32 Å². The molecule has 0 saturated carbocycles. The highest BCUT2D eigenvalue weighted by atomic mass is 19.1. The normalized spacial score (nSPS) is 11.0. The van der Waals surface area contributed by atoms with Crippen LogP contribution in [0.4, 0.5) is 15.8 Å². The number of benzene rings is 4. The van der Waals surface area contributed by atoms with Crippen molar-refractivity contribution in [1.82, 2.24) is 0 Å². The quantitative estimate of drug-likeness (QED) is 0.359. The third kappa shape index (κ3) is 5.15. The standard InChI is InChI=1S/C28H23FN2O2/c1-2-31(26-9-5-7-21-6-3-4-8-25(21)26)28(33)22-13-17-24(18-14-22)30-27(32)19-12-20-10-15-23(29)16-11-20/h3-19H,2H2,1H3,(H,30,32). The summed E-state index contributed by atoms with van der Waals surface area (Å²) in [4.78, 5) is 27.2. The van der Waals surface area contributed by atoms with Gasteiger partial charge in [0.1, 0.15) is 5.82 Å². The molecule has 0 atom stereocenters. The topological polar surface area (TPSA) is 49.4 Å². The van der Waals surface area contributed by atoms with Crippen molar-refractivity contribution in [1.29, 1.82) is 0 Å². The van der Waals surface area contributed by atoms with Crippen LogP contribution in [-0.2, 0) is 4.79 Å². The van der Waals surface area contributed by atoms with E-state index >= 15 is 0 Å². The van der Waals surface area contributed by atoms with Crippen LogP contribution in [0.1, 0.15) is 22.8 Å². The monoisotopic (exact) mass is 438 g/mol. The molecule has 0 spiro atoms. The second kappa shape index (κ2) is 9.92. The summed E-state index contributed by atoms with van der Waals surface area (Å²) in [5.41, 5.74) is 2.70. The van der Waals surface area contributed by atoms with E-state index in [0.717, 1.165) is 22.0 Å². The molecule has 0 bridgehead atoms. The zero-order valence-corrected chi connectivity index (χ0v) is 18.2. The fourth-order valence-corrected chi connectivity index (χ4v) is 3.65. The summed E-state index contributed by atoms with van der Waals surface area (Å²) in [6.45, 7) is 2.47. The lowest BCUT2D eigenvalue weighted by Gasteiger charge is -2.23. The number of nitrogens with zero attached hydrogens (tertiary/aromatic N) is 1. The van der Waals surface area contributed by atoms with Gasteiger partial charge in [-0.15, -0.1) is 0 Å². The average Bonchev–Trinajstić information content (AvgIpc) is 2.85. The molecule has 0 heterocycles. The number of fused-ring (bicyclic) bond motifs is 1. The van der Waals surface area contributed by atoms with Crippen LogP contribution in [0.2, 0.25) is 0 Å². The molecule has 2 amide bonds. The molecule has 4 aromatic rings. The number of amides is 2. The van der Waals surface area contributed by atoms with Gasteiger partial charge in [0.2, 0.25) is 5.91 Å². The molecule has 1 N–H and O–H groups in total. The minimum absolute atomic E-state index is 0.108. The van der Waals surface area contributed by atoms with Crippen molar-refractivity contribution in [3.8, 4) is 0 Å². The number of carbonyl (C=O) groups excluding carboxylic acids is 2. The van der Waals surface area contributed by atoms with Gasteiger partial charge < -0.3 is 10.2 Å². The highest BCUT2D eigenvalue weighted by molar-refractivity contribution is 6.11. The Labute approximate surface area is 192 Å². The molecule has 0 aliphatic rings. The molecule has 0 unspecified atom stereocenters. The lowest BCUT2D eigenvalue weighted by molar-refractivity contribution is -0.111. The molecule has 4 aromatic carbocycles.